The van der Waals surface area contributed by atoms with Gasteiger partial charge in [0.05, 0.1) is 12.6 Å². The molecule has 1 saturated heterocycles. The van der Waals surface area contributed by atoms with Crippen molar-refractivity contribution >= 4 is 16.1 Å². The van der Waals surface area contributed by atoms with Crippen LogP contribution in [0.3, 0.4) is 0 Å². The fourth-order valence-corrected chi connectivity index (χ4v) is 5.18. The highest BCUT2D eigenvalue weighted by atomic mass is 32.2. The van der Waals surface area contributed by atoms with E-state index < -0.39 is 45.5 Å². The first kappa shape index (κ1) is 24.3. The number of amides is 2. The van der Waals surface area contributed by atoms with E-state index in [9.17, 15) is 26.4 Å². The summed E-state index contributed by atoms with van der Waals surface area (Å²) in [5, 5.41) is 0. The molecule has 0 saturated carbocycles. The van der Waals surface area contributed by atoms with Crippen LogP contribution >= 0.6 is 0 Å². The van der Waals surface area contributed by atoms with Crippen LogP contribution in [0, 0.1) is 11.6 Å². The molecule has 2 aromatic rings. The number of para-hydroxylation sites is 1. The zero-order valence-corrected chi connectivity index (χ0v) is 19.0. The van der Waals surface area contributed by atoms with Crippen molar-refractivity contribution in [2.24, 2.45) is 0 Å². The van der Waals surface area contributed by atoms with Crippen molar-refractivity contribution in [3.63, 3.8) is 0 Å². The van der Waals surface area contributed by atoms with Crippen LogP contribution in [0.15, 0.2) is 36.4 Å². The van der Waals surface area contributed by atoms with E-state index in [4.69, 9.17) is 4.74 Å². The lowest BCUT2D eigenvalue weighted by Gasteiger charge is -2.32. The number of carbonyl (C=O) groups excluding carboxylic acids is 1. The molecule has 2 heterocycles. The van der Waals surface area contributed by atoms with Crippen LogP contribution in [0.4, 0.5) is 22.4 Å². The largest absolute Gasteiger partial charge is 0.488 e. The third-order valence-corrected chi connectivity index (χ3v) is 7.21. The van der Waals surface area contributed by atoms with Gasteiger partial charge in [-0.25, -0.2) is 26.7 Å². The standard InChI is InChI=1S/C22H23F4N3O4S/c1-28-10-11-33-20-15(6-3-7-16(20)23)14-5-2-4-13(19(14)24)12-18-17(8-9-29(18)22(28)30)27-34(31,32)21(25)26/h2-7,17-18,21,27H,8-12H2,1H3. The molecule has 0 spiro atoms. The van der Waals surface area contributed by atoms with Crippen LogP contribution in [0.25, 0.3) is 11.1 Å². The first-order valence-electron chi connectivity index (χ1n) is 10.6. The van der Waals surface area contributed by atoms with Gasteiger partial charge in [0, 0.05) is 30.8 Å². The zero-order valence-electron chi connectivity index (χ0n) is 18.2. The molecule has 4 rings (SSSR count). The van der Waals surface area contributed by atoms with Crippen LogP contribution in [0.2, 0.25) is 0 Å². The fraction of sp³-hybridized carbons (Fsp3) is 0.409. The van der Waals surface area contributed by atoms with Gasteiger partial charge >= 0.3 is 11.8 Å². The predicted octanol–water partition coefficient (Wildman–Crippen LogP) is 3.20. The highest BCUT2D eigenvalue weighted by molar-refractivity contribution is 7.89. The summed E-state index contributed by atoms with van der Waals surface area (Å²) < 4.78 is 87.4. The molecule has 0 aromatic heterocycles. The third kappa shape index (κ3) is 4.56. The number of sulfonamides is 1. The minimum absolute atomic E-state index is 0.0589. The van der Waals surface area contributed by atoms with Gasteiger partial charge in [-0.05, 0) is 24.5 Å². The molecule has 2 amide bonds. The summed E-state index contributed by atoms with van der Waals surface area (Å²) in [5.41, 5.74) is 0.381. The minimum atomic E-state index is -4.93. The Bertz CT molecular complexity index is 1190. The highest BCUT2D eigenvalue weighted by Gasteiger charge is 2.42. The second-order valence-corrected chi connectivity index (χ2v) is 9.91. The van der Waals surface area contributed by atoms with E-state index >= 15 is 4.39 Å². The molecule has 184 valence electrons. The van der Waals surface area contributed by atoms with Crippen molar-refractivity contribution in [3.8, 4) is 16.9 Å². The SMILES string of the molecule is CN1CCOc2c(F)cccc2-c2cccc(c2F)CC2C(NS(=O)(=O)C(F)F)CCN2C1=O. The normalized spacial score (nSPS) is 21.3. The summed E-state index contributed by atoms with van der Waals surface area (Å²) in [6.07, 6.45) is -0.0523. The van der Waals surface area contributed by atoms with Gasteiger partial charge in [0.2, 0.25) is 0 Å². The number of hydrogen-bond donors (Lipinski definition) is 1. The van der Waals surface area contributed by atoms with E-state index in [0.29, 0.717) is 0 Å². The van der Waals surface area contributed by atoms with E-state index in [1.807, 2.05) is 4.72 Å². The Morgan fingerprint density at radius 2 is 1.79 bits per heavy atom. The number of benzene rings is 2. The molecule has 2 unspecified atom stereocenters. The second-order valence-electron chi connectivity index (χ2n) is 8.23. The van der Waals surface area contributed by atoms with Gasteiger partial charge in [0.15, 0.2) is 11.6 Å². The predicted molar refractivity (Wildman–Crippen MR) is 116 cm³/mol. The summed E-state index contributed by atoms with van der Waals surface area (Å²) in [4.78, 5) is 15.7. The number of carbonyl (C=O) groups is 1. The van der Waals surface area contributed by atoms with Gasteiger partial charge in [-0.15, -0.1) is 0 Å². The van der Waals surface area contributed by atoms with E-state index in [1.54, 1.807) is 6.07 Å². The minimum Gasteiger partial charge on any atom is -0.488 e. The maximum Gasteiger partial charge on any atom is 0.350 e. The molecule has 2 aliphatic rings. The molecule has 0 aliphatic carbocycles. The smallest absolute Gasteiger partial charge is 0.350 e. The van der Waals surface area contributed by atoms with E-state index in [-0.39, 0.29) is 55.0 Å². The number of nitrogens with zero attached hydrogens (tertiary/aromatic N) is 2. The second kappa shape index (κ2) is 9.41. The molecule has 1 fully saturated rings. The van der Waals surface area contributed by atoms with Crippen molar-refractivity contribution in [2.75, 3.05) is 26.7 Å². The average molecular weight is 502 g/mol. The highest BCUT2D eigenvalue weighted by Crippen LogP contribution is 2.36. The summed E-state index contributed by atoms with van der Waals surface area (Å²) in [7, 11) is -3.45. The molecule has 2 aromatic carbocycles. The summed E-state index contributed by atoms with van der Waals surface area (Å²) in [6, 6.07) is 6.13. The van der Waals surface area contributed by atoms with Crippen LogP contribution in [-0.2, 0) is 16.4 Å². The molecule has 1 N–H and O–H groups in total. The first-order valence-corrected chi connectivity index (χ1v) is 12.1. The number of ether oxygens (including phenoxy) is 1. The maximum absolute atomic E-state index is 15.6. The zero-order chi connectivity index (χ0) is 24.6. The summed E-state index contributed by atoms with van der Waals surface area (Å²) in [5.74, 6) is -5.17. The maximum atomic E-state index is 15.6. The lowest BCUT2D eigenvalue weighted by atomic mass is 9.95. The average Bonchev–Trinajstić information content (AvgIpc) is 3.16. The molecule has 12 heteroatoms. The third-order valence-electron chi connectivity index (χ3n) is 6.11. The van der Waals surface area contributed by atoms with E-state index in [0.717, 1.165) is 0 Å². The number of nitrogens with one attached hydrogen (secondary N) is 1. The van der Waals surface area contributed by atoms with Crippen LogP contribution in [-0.4, -0.2) is 68.8 Å². The lowest BCUT2D eigenvalue weighted by Crippen LogP contribution is -2.52. The van der Waals surface area contributed by atoms with Gasteiger partial charge in [-0.2, -0.15) is 8.78 Å². The van der Waals surface area contributed by atoms with Crippen molar-refractivity contribution in [2.45, 2.75) is 30.7 Å². The van der Waals surface area contributed by atoms with E-state index in [1.165, 1.54) is 47.2 Å². The van der Waals surface area contributed by atoms with Gasteiger partial charge in [0.1, 0.15) is 12.4 Å². The monoisotopic (exact) mass is 501 g/mol. The van der Waals surface area contributed by atoms with Crippen molar-refractivity contribution in [1.82, 2.24) is 14.5 Å². The topological polar surface area (TPSA) is 79.0 Å². The van der Waals surface area contributed by atoms with Gasteiger partial charge < -0.3 is 14.5 Å². The number of fused-ring (bicyclic) bond motifs is 5. The Kier molecular flexibility index (Phi) is 6.72. The lowest BCUT2D eigenvalue weighted by molar-refractivity contribution is 0.146. The quantitative estimate of drug-likeness (QED) is 0.656. The van der Waals surface area contributed by atoms with Gasteiger partial charge in [0.25, 0.3) is 10.0 Å². The van der Waals surface area contributed by atoms with E-state index in [2.05, 4.69) is 0 Å². The number of halogens is 4. The fourth-order valence-electron chi connectivity index (χ4n) is 4.38. The molecule has 7 nitrogen and oxygen atoms in total. The number of alkyl halides is 2. The molecule has 0 radical (unpaired) electrons. The van der Waals surface area contributed by atoms with Gasteiger partial charge in [-0.3, -0.25) is 0 Å². The molecule has 2 bridgehead atoms. The number of urea groups is 1. The summed E-state index contributed by atoms with van der Waals surface area (Å²) in [6.45, 7) is 0.0576. The molecular weight excluding hydrogens is 478 g/mol. The summed E-state index contributed by atoms with van der Waals surface area (Å²) >= 11 is 0. The molecule has 34 heavy (non-hydrogen) atoms. The van der Waals surface area contributed by atoms with Crippen LogP contribution in [0.1, 0.15) is 12.0 Å². The number of rotatable bonds is 3. The van der Waals surface area contributed by atoms with Crippen LogP contribution < -0.4 is 9.46 Å². The molecular formula is C22H23F4N3O4S. The molecule has 2 aliphatic heterocycles. The first-order chi connectivity index (χ1) is 16.1. The Balaban J connectivity index is 1.80. The number of likely N-dealkylation sites (N-methyl/N-ethyl adjacent to an activating group) is 1. The van der Waals surface area contributed by atoms with Crippen molar-refractivity contribution in [1.29, 1.82) is 0 Å². The Morgan fingerprint density at radius 3 is 2.53 bits per heavy atom. The Morgan fingerprint density at radius 1 is 1.09 bits per heavy atom. The molecule has 2 atom stereocenters. The Labute approximate surface area is 194 Å². The van der Waals surface area contributed by atoms with Crippen LogP contribution in [0.5, 0.6) is 5.75 Å². The number of hydrogen-bond acceptors (Lipinski definition) is 4. The van der Waals surface area contributed by atoms with Crippen molar-refractivity contribution in [3.05, 3.63) is 53.6 Å². The van der Waals surface area contributed by atoms with Crippen molar-refractivity contribution < 1.29 is 35.5 Å². The van der Waals surface area contributed by atoms with Gasteiger partial charge in [-0.1, -0.05) is 30.3 Å². The Hall–Kier alpha value is -2.86.